The Balaban J connectivity index is 1.33. The standard InChI is InChI=1S/C27H41N3O4S/c1-20(2)26(31)29(19-21-6-7-22-18-25(21)27(22,3)4)15-12-28-13-16-30(17-14-28)35(32,33)24-10-8-23(34-5)9-11-24/h6,8-11,20,22,25H,7,12-19H2,1-5H3. The Bertz CT molecular complexity index is 1040. The molecule has 0 aromatic heterocycles. The van der Waals surface area contributed by atoms with Crippen molar-refractivity contribution in [1.82, 2.24) is 14.1 Å². The van der Waals surface area contributed by atoms with Crippen LogP contribution in [0.4, 0.5) is 0 Å². The molecule has 4 aliphatic rings. The second-order valence-corrected chi connectivity index (χ2v) is 13.1. The summed E-state index contributed by atoms with van der Waals surface area (Å²) in [6.45, 7) is 13.1. The molecule has 1 aromatic rings. The number of piperazine rings is 1. The van der Waals surface area contributed by atoms with Crippen LogP contribution in [0.3, 0.4) is 0 Å². The molecule has 2 bridgehead atoms. The van der Waals surface area contributed by atoms with Gasteiger partial charge in [0, 0.05) is 51.7 Å². The van der Waals surface area contributed by atoms with Gasteiger partial charge >= 0.3 is 0 Å². The normalized spacial score (nSPS) is 24.6. The summed E-state index contributed by atoms with van der Waals surface area (Å²) in [4.78, 5) is 17.6. The van der Waals surface area contributed by atoms with E-state index in [4.69, 9.17) is 4.74 Å². The first kappa shape index (κ1) is 26.2. The first-order valence-corrected chi connectivity index (χ1v) is 14.3. The topological polar surface area (TPSA) is 70.2 Å². The van der Waals surface area contributed by atoms with Crippen molar-refractivity contribution >= 4 is 15.9 Å². The Hall–Kier alpha value is -1.90. The molecular weight excluding hydrogens is 462 g/mol. The summed E-state index contributed by atoms with van der Waals surface area (Å²) in [5, 5.41) is 0. The summed E-state index contributed by atoms with van der Waals surface area (Å²) in [6.07, 6.45) is 4.77. The average molecular weight is 504 g/mol. The van der Waals surface area contributed by atoms with Gasteiger partial charge in [0.25, 0.3) is 0 Å². The van der Waals surface area contributed by atoms with E-state index in [9.17, 15) is 13.2 Å². The van der Waals surface area contributed by atoms with Crippen LogP contribution in [0, 0.1) is 23.2 Å². The van der Waals surface area contributed by atoms with Gasteiger partial charge in [-0.05, 0) is 54.4 Å². The van der Waals surface area contributed by atoms with Crippen LogP contribution in [-0.2, 0) is 14.8 Å². The van der Waals surface area contributed by atoms with E-state index < -0.39 is 10.0 Å². The zero-order valence-electron chi connectivity index (χ0n) is 21.9. The maximum atomic E-state index is 13.0. The maximum absolute atomic E-state index is 13.0. The number of ether oxygens (including phenoxy) is 1. The Labute approximate surface area is 211 Å². The zero-order chi connectivity index (χ0) is 25.4. The number of hydrogen-bond acceptors (Lipinski definition) is 5. The average Bonchev–Trinajstić information content (AvgIpc) is 2.86. The zero-order valence-corrected chi connectivity index (χ0v) is 22.7. The second kappa shape index (κ2) is 10.2. The van der Waals surface area contributed by atoms with Gasteiger partial charge < -0.3 is 9.64 Å². The Kier molecular flexibility index (Phi) is 7.65. The molecule has 1 heterocycles. The summed E-state index contributed by atoms with van der Waals surface area (Å²) in [7, 11) is -1.96. The number of benzene rings is 1. The highest BCUT2D eigenvalue weighted by atomic mass is 32.2. The monoisotopic (exact) mass is 503 g/mol. The van der Waals surface area contributed by atoms with E-state index in [0.717, 1.165) is 25.4 Å². The first-order chi connectivity index (χ1) is 16.5. The van der Waals surface area contributed by atoms with Crippen molar-refractivity contribution in [2.75, 3.05) is 52.9 Å². The maximum Gasteiger partial charge on any atom is 0.243 e. The van der Waals surface area contributed by atoms with E-state index >= 15 is 0 Å². The molecule has 1 aromatic carbocycles. The minimum atomic E-state index is -3.52. The fourth-order valence-corrected chi connectivity index (χ4v) is 7.28. The van der Waals surface area contributed by atoms with Crippen LogP contribution >= 0.6 is 0 Å². The van der Waals surface area contributed by atoms with Crippen LogP contribution < -0.4 is 4.74 Å². The van der Waals surface area contributed by atoms with E-state index in [1.807, 2.05) is 18.7 Å². The largest absolute Gasteiger partial charge is 0.497 e. The summed E-state index contributed by atoms with van der Waals surface area (Å²) < 4.78 is 32.8. The van der Waals surface area contributed by atoms with E-state index in [1.54, 1.807) is 35.7 Å². The molecule has 194 valence electrons. The number of hydrogen-bond donors (Lipinski definition) is 0. The molecule has 2 unspecified atom stereocenters. The minimum Gasteiger partial charge on any atom is -0.497 e. The van der Waals surface area contributed by atoms with E-state index in [1.165, 1.54) is 12.0 Å². The molecular formula is C27H41N3O4S. The van der Waals surface area contributed by atoms with Gasteiger partial charge in [-0.2, -0.15) is 4.31 Å². The van der Waals surface area contributed by atoms with Crippen molar-refractivity contribution in [2.24, 2.45) is 23.2 Å². The van der Waals surface area contributed by atoms with Gasteiger partial charge in [-0.25, -0.2) is 8.42 Å². The van der Waals surface area contributed by atoms with E-state index in [0.29, 0.717) is 54.7 Å². The lowest BCUT2D eigenvalue weighted by molar-refractivity contribution is -0.134. The molecule has 0 N–H and O–H groups in total. The van der Waals surface area contributed by atoms with Crippen LogP contribution in [0.2, 0.25) is 0 Å². The Morgan fingerprint density at radius 1 is 1.14 bits per heavy atom. The molecule has 1 aliphatic heterocycles. The Morgan fingerprint density at radius 2 is 1.80 bits per heavy atom. The summed E-state index contributed by atoms with van der Waals surface area (Å²) >= 11 is 0. The number of amides is 1. The number of methoxy groups -OCH3 is 1. The highest BCUT2D eigenvalue weighted by Gasteiger charge is 2.51. The van der Waals surface area contributed by atoms with Gasteiger partial charge in [0.1, 0.15) is 5.75 Å². The van der Waals surface area contributed by atoms with E-state index in [-0.39, 0.29) is 11.8 Å². The molecule has 35 heavy (non-hydrogen) atoms. The summed E-state index contributed by atoms with van der Waals surface area (Å²) in [5.41, 5.74) is 1.78. The molecule has 1 saturated heterocycles. The molecule has 8 heteroatoms. The quantitative estimate of drug-likeness (QED) is 0.483. The predicted molar refractivity (Wildman–Crippen MR) is 138 cm³/mol. The van der Waals surface area contributed by atoms with Crippen molar-refractivity contribution in [3.63, 3.8) is 0 Å². The Morgan fingerprint density at radius 3 is 2.34 bits per heavy atom. The number of sulfonamides is 1. The molecule has 0 spiro atoms. The van der Waals surface area contributed by atoms with Gasteiger partial charge in [-0.15, -0.1) is 0 Å². The first-order valence-electron chi connectivity index (χ1n) is 12.9. The van der Waals surface area contributed by atoms with Crippen LogP contribution in [0.5, 0.6) is 5.75 Å². The third-order valence-corrected chi connectivity index (χ3v) is 10.4. The van der Waals surface area contributed by atoms with Crippen molar-refractivity contribution in [1.29, 1.82) is 0 Å². The fourth-order valence-electron chi connectivity index (χ4n) is 5.86. The predicted octanol–water partition coefficient (Wildman–Crippen LogP) is 3.48. The second-order valence-electron chi connectivity index (χ2n) is 11.2. The van der Waals surface area contributed by atoms with Crippen LogP contribution in [0.15, 0.2) is 40.8 Å². The molecule has 7 nitrogen and oxygen atoms in total. The number of nitrogens with zero attached hydrogens (tertiary/aromatic N) is 3. The molecule has 5 rings (SSSR count). The van der Waals surface area contributed by atoms with Gasteiger partial charge in [-0.3, -0.25) is 9.69 Å². The molecule has 3 aliphatic carbocycles. The van der Waals surface area contributed by atoms with Crippen LogP contribution in [0.25, 0.3) is 0 Å². The third kappa shape index (κ3) is 5.30. The minimum absolute atomic E-state index is 0.0344. The number of allylic oxidation sites excluding steroid dienone is 1. The SMILES string of the molecule is COc1ccc(S(=O)(=O)N2CCN(CCN(CC3=CCC4CC3C4(C)C)C(=O)C(C)C)CC2)cc1. The van der Waals surface area contributed by atoms with Gasteiger partial charge in [0.2, 0.25) is 15.9 Å². The number of rotatable bonds is 9. The smallest absolute Gasteiger partial charge is 0.243 e. The van der Waals surface area contributed by atoms with Gasteiger partial charge in [0.15, 0.2) is 0 Å². The lowest BCUT2D eigenvalue weighted by Crippen LogP contribution is -2.52. The van der Waals surface area contributed by atoms with Gasteiger partial charge in [0.05, 0.1) is 12.0 Å². The van der Waals surface area contributed by atoms with Crippen LogP contribution in [0.1, 0.15) is 40.5 Å². The number of carbonyl (C=O) groups excluding carboxylic acids is 1. The van der Waals surface area contributed by atoms with Crippen molar-refractivity contribution < 1.29 is 17.9 Å². The lowest BCUT2D eigenvalue weighted by Gasteiger charge is -2.57. The number of fused-ring (bicyclic) bond motifs is 1. The highest BCUT2D eigenvalue weighted by Crippen LogP contribution is 2.59. The molecule has 0 radical (unpaired) electrons. The van der Waals surface area contributed by atoms with Crippen LogP contribution in [-0.4, -0.2) is 81.4 Å². The van der Waals surface area contributed by atoms with Gasteiger partial charge in [-0.1, -0.05) is 39.3 Å². The molecule has 1 saturated carbocycles. The molecule has 1 amide bonds. The molecule has 2 atom stereocenters. The number of carbonyl (C=O) groups is 1. The summed E-state index contributed by atoms with van der Waals surface area (Å²) in [5.74, 6) is 2.18. The van der Waals surface area contributed by atoms with Crippen molar-refractivity contribution in [3.8, 4) is 5.75 Å². The summed E-state index contributed by atoms with van der Waals surface area (Å²) in [6, 6.07) is 6.55. The lowest BCUT2D eigenvalue weighted by atomic mass is 9.49. The highest BCUT2D eigenvalue weighted by molar-refractivity contribution is 7.89. The van der Waals surface area contributed by atoms with Crippen molar-refractivity contribution in [2.45, 2.75) is 45.4 Å². The molecule has 2 fully saturated rings. The van der Waals surface area contributed by atoms with Crippen molar-refractivity contribution in [3.05, 3.63) is 35.9 Å². The fraction of sp³-hybridized carbons (Fsp3) is 0.667. The third-order valence-electron chi connectivity index (χ3n) is 8.48. The van der Waals surface area contributed by atoms with E-state index in [2.05, 4.69) is 24.8 Å².